The first-order valence-corrected chi connectivity index (χ1v) is 13.0. The van der Waals surface area contributed by atoms with Crippen molar-refractivity contribution >= 4 is 0 Å². The average Bonchev–Trinajstić information content (AvgIpc) is 2.93. The Morgan fingerprint density at radius 3 is 1.90 bits per heavy atom. The molecular weight excluding hydrogens is 575 g/mol. The first-order chi connectivity index (χ1) is 19.9. The second-order valence-electron chi connectivity index (χ2n) is 9.93. The summed E-state index contributed by atoms with van der Waals surface area (Å²) < 4.78 is 132. The van der Waals surface area contributed by atoms with Gasteiger partial charge in [0.05, 0.1) is 0 Å². The molecule has 0 atom stereocenters. The van der Waals surface area contributed by atoms with Crippen LogP contribution in [0.25, 0.3) is 11.1 Å². The molecule has 1 fully saturated rings. The summed E-state index contributed by atoms with van der Waals surface area (Å²) in [5, 5.41) is 0. The van der Waals surface area contributed by atoms with E-state index in [2.05, 4.69) is 15.5 Å². The summed E-state index contributed by atoms with van der Waals surface area (Å²) in [5.41, 5.74) is -0.405. The van der Waals surface area contributed by atoms with E-state index in [-0.39, 0.29) is 17.7 Å². The number of hydrogen-bond acceptors (Lipinski definition) is 2. The molecule has 0 unspecified atom stereocenters. The van der Waals surface area contributed by atoms with Gasteiger partial charge in [-0.2, -0.15) is 22.0 Å². The van der Waals surface area contributed by atoms with Crippen LogP contribution in [0.2, 0.25) is 0 Å². The van der Waals surface area contributed by atoms with Crippen molar-refractivity contribution in [3.05, 3.63) is 107 Å². The fourth-order valence-corrected chi connectivity index (χ4v) is 5.05. The summed E-state index contributed by atoms with van der Waals surface area (Å²) >= 11 is 0. The second kappa shape index (κ2) is 13.0. The molecule has 0 radical (unpaired) electrons. The lowest BCUT2D eigenvalue weighted by atomic mass is 9.77. The highest BCUT2D eigenvalue weighted by Gasteiger charge is 2.41. The van der Waals surface area contributed by atoms with Crippen molar-refractivity contribution < 1.29 is 49.0 Å². The highest BCUT2D eigenvalue weighted by atomic mass is 19.3. The van der Waals surface area contributed by atoms with E-state index in [1.807, 2.05) is 25.1 Å². The van der Waals surface area contributed by atoms with Crippen molar-refractivity contribution in [2.45, 2.75) is 51.1 Å². The van der Waals surface area contributed by atoms with Gasteiger partial charge in [-0.3, -0.25) is 0 Å². The maximum atomic E-state index is 14.8. The summed E-state index contributed by atoms with van der Waals surface area (Å²) in [5.74, 6) is -9.10. The third-order valence-electron chi connectivity index (χ3n) is 7.16. The van der Waals surface area contributed by atoms with E-state index in [0.29, 0.717) is 29.5 Å². The molecular formula is C31H25F9O2. The lowest BCUT2D eigenvalue weighted by molar-refractivity contribution is -0.189. The van der Waals surface area contributed by atoms with Gasteiger partial charge in [-0.05, 0) is 79.7 Å². The van der Waals surface area contributed by atoms with E-state index in [4.69, 9.17) is 0 Å². The minimum atomic E-state index is -4.76. The molecule has 0 aromatic heterocycles. The zero-order valence-corrected chi connectivity index (χ0v) is 22.2. The summed E-state index contributed by atoms with van der Waals surface area (Å²) in [7, 11) is 0. The van der Waals surface area contributed by atoms with Crippen LogP contribution < -0.4 is 9.47 Å². The standard InChI is InChI=1S/C31H25F9O2/c1-2-3-4-17-5-7-18(8-6-17)19-9-11-20(12-10-19)21-13-23(32)27(24(33)14-21)31(39,40)42-22-15-25(34)28(26(35)16-22)41-30(38)29(36)37/h2-3,9-18H,4-8H2,1H3. The zero-order chi connectivity index (χ0) is 30.6. The Balaban J connectivity index is 1.50. The second-order valence-corrected chi connectivity index (χ2v) is 9.93. The molecule has 3 aromatic rings. The SMILES string of the molecule is CC=CCC1CCC(c2ccc(-c3cc(F)c(C(F)(F)Oc4cc(F)c(OC(F)=C(F)F)c(F)c4)c(F)c3)cc2)CC1. The van der Waals surface area contributed by atoms with E-state index in [1.54, 1.807) is 12.1 Å². The fraction of sp³-hybridized carbons (Fsp3) is 0.290. The first kappa shape index (κ1) is 31.1. The Morgan fingerprint density at radius 2 is 1.38 bits per heavy atom. The smallest absolute Gasteiger partial charge is 0.429 e. The molecule has 0 heterocycles. The van der Waals surface area contributed by atoms with Crippen LogP contribution in [0.1, 0.15) is 56.1 Å². The van der Waals surface area contributed by atoms with Gasteiger partial charge in [0.1, 0.15) is 22.9 Å². The molecule has 1 aliphatic carbocycles. The number of allylic oxidation sites excluding steroid dienone is 2. The van der Waals surface area contributed by atoms with E-state index < -0.39 is 58.5 Å². The van der Waals surface area contributed by atoms with Crippen LogP contribution in [0.15, 0.2) is 72.8 Å². The van der Waals surface area contributed by atoms with Crippen molar-refractivity contribution in [2.75, 3.05) is 0 Å². The fourth-order valence-electron chi connectivity index (χ4n) is 5.05. The Morgan fingerprint density at radius 1 is 0.810 bits per heavy atom. The Bertz CT molecular complexity index is 1420. The summed E-state index contributed by atoms with van der Waals surface area (Å²) in [6, 6.07) is 5.81. The number of hydrogen-bond donors (Lipinski definition) is 0. The van der Waals surface area contributed by atoms with Crippen LogP contribution in [0, 0.1) is 29.2 Å². The molecule has 224 valence electrons. The van der Waals surface area contributed by atoms with E-state index >= 15 is 0 Å². The lowest BCUT2D eigenvalue weighted by Gasteiger charge is -2.28. The monoisotopic (exact) mass is 600 g/mol. The summed E-state index contributed by atoms with van der Waals surface area (Å²) in [6.07, 6.45) is 1.69. The third-order valence-corrected chi connectivity index (χ3v) is 7.16. The number of ether oxygens (including phenoxy) is 2. The molecule has 42 heavy (non-hydrogen) atoms. The molecule has 0 aliphatic heterocycles. The zero-order valence-electron chi connectivity index (χ0n) is 22.2. The van der Waals surface area contributed by atoms with Gasteiger partial charge in [0, 0.05) is 12.1 Å². The normalized spacial score (nSPS) is 17.4. The van der Waals surface area contributed by atoms with Gasteiger partial charge >= 0.3 is 18.2 Å². The van der Waals surface area contributed by atoms with E-state index in [0.717, 1.165) is 37.7 Å². The van der Waals surface area contributed by atoms with Gasteiger partial charge in [0.2, 0.25) is 5.75 Å². The molecule has 0 amide bonds. The molecule has 3 aromatic carbocycles. The van der Waals surface area contributed by atoms with Gasteiger partial charge in [-0.1, -0.05) is 36.4 Å². The molecule has 0 spiro atoms. The van der Waals surface area contributed by atoms with Crippen LogP contribution in [0.5, 0.6) is 11.5 Å². The molecule has 0 bridgehead atoms. The van der Waals surface area contributed by atoms with Gasteiger partial charge in [-0.15, -0.1) is 0 Å². The van der Waals surface area contributed by atoms with Gasteiger partial charge in [0.15, 0.2) is 11.6 Å². The number of benzene rings is 3. The van der Waals surface area contributed by atoms with Crippen molar-refractivity contribution in [1.82, 2.24) is 0 Å². The third kappa shape index (κ3) is 7.11. The summed E-state index contributed by atoms with van der Waals surface area (Å²) in [4.78, 5) is 0. The van der Waals surface area contributed by atoms with Crippen LogP contribution in [0.3, 0.4) is 0 Å². The highest BCUT2D eigenvalue weighted by Crippen LogP contribution is 2.40. The van der Waals surface area contributed by atoms with Crippen LogP contribution in [-0.4, -0.2) is 0 Å². The maximum Gasteiger partial charge on any atom is 0.432 e. The Labute approximate surface area is 236 Å². The molecule has 0 saturated heterocycles. The van der Waals surface area contributed by atoms with Gasteiger partial charge < -0.3 is 9.47 Å². The number of alkyl halides is 2. The average molecular weight is 601 g/mol. The Hall–Kier alpha value is -3.89. The van der Waals surface area contributed by atoms with Crippen molar-refractivity contribution in [3.8, 4) is 22.6 Å². The number of halogens is 9. The molecule has 1 aliphatic rings. The predicted molar refractivity (Wildman–Crippen MR) is 138 cm³/mol. The van der Waals surface area contributed by atoms with E-state index in [9.17, 15) is 39.5 Å². The molecule has 1 saturated carbocycles. The molecule has 11 heteroatoms. The largest absolute Gasteiger partial charge is 0.432 e. The van der Waals surface area contributed by atoms with Gasteiger partial charge in [0.25, 0.3) is 0 Å². The predicted octanol–water partition coefficient (Wildman–Crippen LogP) is 10.7. The Kier molecular flexibility index (Phi) is 9.58. The van der Waals surface area contributed by atoms with Crippen molar-refractivity contribution in [1.29, 1.82) is 0 Å². The van der Waals surface area contributed by atoms with Crippen LogP contribution in [0.4, 0.5) is 39.5 Å². The molecule has 0 N–H and O–H groups in total. The van der Waals surface area contributed by atoms with Gasteiger partial charge in [-0.25, -0.2) is 17.6 Å². The minimum absolute atomic E-state index is 0.0278. The lowest BCUT2D eigenvalue weighted by Crippen LogP contribution is -2.25. The maximum absolute atomic E-state index is 14.8. The molecule has 2 nitrogen and oxygen atoms in total. The van der Waals surface area contributed by atoms with Crippen molar-refractivity contribution in [2.24, 2.45) is 5.92 Å². The van der Waals surface area contributed by atoms with Crippen molar-refractivity contribution in [3.63, 3.8) is 0 Å². The minimum Gasteiger partial charge on any atom is -0.429 e. The topological polar surface area (TPSA) is 18.5 Å². The van der Waals surface area contributed by atoms with Crippen LogP contribution >= 0.6 is 0 Å². The molecule has 4 rings (SSSR count). The quantitative estimate of drug-likeness (QED) is 0.138. The summed E-state index contributed by atoms with van der Waals surface area (Å²) in [6.45, 7) is 1.99. The van der Waals surface area contributed by atoms with E-state index in [1.165, 1.54) is 0 Å². The highest BCUT2D eigenvalue weighted by molar-refractivity contribution is 5.64. The number of rotatable bonds is 9. The van der Waals surface area contributed by atoms with Crippen LogP contribution in [-0.2, 0) is 6.11 Å². The first-order valence-electron chi connectivity index (χ1n) is 13.0.